The van der Waals surface area contributed by atoms with Crippen LogP contribution >= 0.6 is 0 Å². The SMILES string of the molecule is Cc1ccccc1.FCc1ccccc1. The molecule has 15 heavy (non-hydrogen) atoms. The van der Waals surface area contributed by atoms with E-state index in [1.54, 1.807) is 12.1 Å². The summed E-state index contributed by atoms with van der Waals surface area (Å²) in [5.74, 6) is 0. The van der Waals surface area contributed by atoms with Gasteiger partial charge < -0.3 is 0 Å². The number of benzene rings is 2. The van der Waals surface area contributed by atoms with E-state index in [1.165, 1.54) is 5.56 Å². The fourth-order valence-electron chi connectivity index (χ4n) is 1.10. The fourth-order valence-corrected chi connectivity index (χ4v) is 1.10. The van der Waals surface area contributed by atoms with Crippen LogP contribution in [0.4, 0.5) is 4.39 Å². The normalized spacial score (nSPS) is 8.93. The predicted octanol–water partition coefficient (Wildman–Crippen LogP) is 4.15. The van der Waals surface area contributed by atoms with E-state index in [1.807, 2.05) is 36.4 Å². The van der Waals surface area contributed by atoms with Gasteiger partial charge in [-0.15, -0.1) is 0 Å². The summed E-state index contributed by atoms with van der Waals surface area (Å²) in [7, 11) is 0. The maximum absolute atomic E-state index is 11.7. The van der Waals surface area contributed by atoms with E-state index in [9.17, 15) is 4.39 Å². The van der Waals surface area contributed by atoms with Crippen molar-refractivity contribution in [1.29, 1.82) is 0 Å². The molecule has 0 unspecified atom stereocenters. The zero-order valence-electron chi connectivity index (χ0n) is 8.86. The first-order chi connectivity index (χ1) is 7.33. The average molecular weight is 202 g/mol. The maximum atomic E-state index is 11.7. The first-order valence-electron chi connectivity index (χ1n) is 4.94. The van der Waals surface area contributed by atoms with E-state index in [0.29, 0.717) is 0 Å². The highest BCUT2D eigenvalue weighted by Gasteiger charge is 1.82. The monoisotopic (exact) mass is 202 g/mol. The average Bonchev–Trinajstić information content (AvgIpc) is 2.32. The second kappa shape index (κ2) is 6.77. The lowest BCUT2D eigenvalue weighted by Gasteiger charge is -1.87. The van der Waals surface area contributed by atoms with Crippen LogP contribution in [0.15, 0.2) is 60.7 Å². The summed E-state index contributed by atoms with van der Waals surface area (Å²) >= 11 is 0. The second-order valence-electron chi connectivity index (χ2n) is 3.27. The van der Waals surface area contributed by atoms with Gasteiger partial charge in [-0.2, -0.15) is 0 Å². The summed E-state index contributed by atoms with van der Waals surface area (Å²) in [4.78, 5) is 0. The third-order valence-electron chi connectivity index (χ3n) is 1.94. The molecule has 0 radical (unpaired) electrons. The first kappa shape index (κ1) is 11.4. The zero-order valence-corrected chi connectivity index (χ0v) is 8.86. The standard InChI is InChI=1S/C7H7F.C7H8/c8-6-7-4-2-1-3-5-7;1-7-5-3-2-4-6-7/h1-5H,6H2;2-6H,1H3. The summed E-state index contributed by atoms with van der Waals surface area (Å²) in [5.41, 5.74) is 2.06. The van der Waals surface area contributed by atoms with Gasteiger partial charge >= 0.3 is 0 Å². The first-order valence-corrected chi connectivity index (χ1v) is 4.94. The van der Waals surface area contributed by atoms with E-state index < -0.39 is 0 Å². The summed E-state index contributed by atoms with van der Waals surface area (Å²) in [5, 5.41) is 0. The van der Waals surface area contributed by atoms with Crippen LogP contribution in [0.1, 0.15) is 11.1 Å². The maximum Gasteiger partial charge on any atom is 0.115 e. The molecule has 0 nitrogen and oxygen atoms in total. The highest BCUT2D eigenvalue weighted by atomic mass is 19.1. The van der Waals surface area contributed by atoms with Crippen LogP contribution in [-0.4, -0.2) is 0 Å². The molecule has 0 heterocycles. The lowest BCUT2D eigenvalue weighted by molar-refractivity contribution is 0.485. The number of alkyl halides is 1. The Bertz CT molecular complexity index is 354. The molecule has 0 saturated carbocycles. The number of aryl methyl sites for hydroxylation is 1. The molecule has 2 rings (SSSR count). The summed E-state index contributed by atoms with van der Waals surface area (Å²) in [6.45, 7) is 1.72. The van der Waals surface area contributed by atoms with Crippen molar-refractivity contribution in [3.8, 4) is 0 Å². The summed E-state index contributed by atoms with van der Waals surface area (Å²) in [6, 6.07) is 19.3. The lowest BCUT2D eigenvalue weighted by Crippen LogP contribution is -1.72. The summed E-state index contributed by atoms with van der Waals surface area (Å²) in [6.07, 6.45) is 0. The number of rotatable bonds is 1. The highest BCUT2D eigenvalue weighted by Crippen LogP contribution is 1.98. The van der Waals surface area contributed by atoms with Crippen molar-refractivity contribution in [3.63, 3.8) is 0 Å². The molecule has 0 amide bonds. The van der Waals surface area contributed by atoms with Gasteiger partial charge in [-0.1, -0.05) is 66.2 Å². The molecule has 1 heteroatoms. The van der Waals surface area contributed by atoms with E-state index in [0.717, 1.165) is 5.56 Å². The Morgan fingerprint density at radius 1 is 0.800 bits per heavy atom. The van der Waals surface area contributed by atoms with E-state index in [4.69, 9.17) is 0 Å². The largest absolute Gasteiger partial charge is 0.246 e. The van der Waals surface area contributed by atoms with Crippen molar-refractivity contribution >= 4 is 0 Å². The third kappa shape index (κ3) is 4.96. The minimum atomic E-state index is -0.360. The highest BCUT2D eigenvalue weighted by molar-refractivity contribution is 5.13. The van der Waals surface area contributed by atoms with Crippen molar-refractivity contribution in [2.45, 2.75) is 13.6 Å². The summed E-state index contributed by atoms with van der Waals surface area (Å²) < 4.78 is 11.7. The van der Waals surface area contributed by atoms with Crippen LogP contribution in [0.3, 0.4) is 0 Å². The Balaban J connectivity index is 0.000000151. The molecule has 78 valence electrons. The Kier molecular flexibility index (Phi) is 5.16. The fraction of sp³-hybridized carbons (Fsp3) is 0.143. The topological polar surface area (TPSA) is 0 Å². The molecule has 0 fully saturated rings. The number of hydrogen-bond donors (Lipinski definition) is 0. The smallest absolute Gasteiger partial charge is 0.115 e. The Labute approximate surface area is 90.4 Å². The molecule has 0 aliphatic heterocycles. The van der Waals surface area contributed by atoms with E-state index >= 15 is 0 Å². The molecule has 0 saturated heterocycles. The molecule has 0 spiro atoms. The van der Waals surface area contributed by atoms with E-state index in [2.05, 4.69) is 19.1 Å². The van der Waals surface area contributed by atoms with Gasteiger partial charge in [0.2, 0.25) is 0 Å². The second-order valence-corrected chi connectivity index (χ2v) is 3.27. The van der Waals surface area contributed by atoms with Gasteiger partial charge in [0, 0.05) is 0 Å². The van der Waals surface area contributed by atoms with Gasteiger partial charge in [-0.3, -0.25) is 0 Å². The van der Waals surface area contributed by atoms with Gasteiger partial charge in [-0.05, 0) is 12.5 Å². The van der Waals surface area contributed by atoms with Crippen LogP contribution in [0.5, 0.6) is 0 Å². The van der Waals surface area contributed by atoms with Gasteiger partial charge in [0.1, 0.15) is 6.67 Å². The molecule has 0 N–H and O–H groups in total. The quantitative estimate of drug-likeness (QED) is 0.651. The molecular weight excluding hydrogens is 187 g/mol. The van der Waals surface area contributed by atoms with Gasteiger partial charge in [-0.25, -0.2) is 4.39 Å². The van der Waals surface area contributed by atoms with Gasteiger partial charge in [0.25, 0.3) is 0 Å². The Morgan fingerprint density at radius 2 is 1.27 bits per heavy atom. The molecular formula is C14H15F. The minimum Gasteiger partial charge on any atom is -0.246 e. The van der Waals surface area contributed by atoms with Crippen LogP contribution < -0.4 is 0 Å². The third-order valence-corrected chi connectivity index (χ3v) is 1.94. The molecule has 2 aromatic carbocycles. The molecule has 0 aromatic heterocycles. The Morgan fingerprint density at radius 3 is 1.53 bits per heavy atom. The minimum absolute atomic E-state index is 0.360. The van der Waals surface area contributed by atoms with Crippen LogP contribution in [0.2, 0.25) is 0 Å². The van der Waals surface area contributed by atoms with Crippen LogP contribution in [0, 0.1) is 6.92 Å². The molecule has 2 aromatic rings. The number of halogens is 1. The molecule has 0 bridgehead atoms. The van der Waals surface area contributed by atoms with Crippen LogP contribution in [-0.2, 0) is 6.67 Å². The Hall–Kier alpha value is -1.63. The van der Waals surface area contributed by atoms with Crippen LogP contribution in [0.25, 0.3) is 0 Å². The molecule has 0 aliphatic carbocycles. The van der Waals surface area contributed by atoms with Crippen molar-refractivity contribution < 1.29 is 4.39 Å². The van der Waals surface area contributed by atoms with Crippen molar-refractivity contribution in [2.75, 3.05) is 0 Å². The van der Waals surface area contributed by atoms with Gasteiger partial charge in [0.15, 0.2) is 0 Å². The zero-order chi connectivity index (χ0) is 10.9. The molecule has 0 aliphatic rings. The van der Waals surface area contributed by atoms with E-state index in [-0.39, 0.29) is 6.67 Å². The number of hydrogen-bond acceptors (Lipinski definition) is 0. The lowest BCUT2D eigenvalue weighted by atomic mass is 10.2. The van der Waals surface area contributed by atoms with Gasteiger partial charge in [0.05, 0.1) is 0 Å². The predicted molar refractivity (Wildman–Crippen MR) is 62.4 cm³/mol. The van der Waals surface area contributed by atoms with Crippen molar-refractivity contribution in [3.05, 3.63) is 71.8 Å². The molecule has 0 atom stereocenters. The van der Waals surface area contributed by atoms with Crippen molar-refractivity contribution in [1.82, 2.24) is 0 Å². The van der Waals surface area contributed by atoms with Crippen molar-refractivity contribution in [2.24, 2.45) is 0 Å².